The molecule has 1 fully saturated rings. The Balaban J connectivity index is 2.38. The fourth-order valence-electron chi connectivity index (χ4n) is 2.13. The maximum Gasteiger partial charge on any atom is 0.0616 e. The Morgan fingerprint density at radius 3 is 2.83 bits per heavy atom. The zero-order chi connectivity index (χ0) is 8.97. The van der Waals surface area contributed by atoms with E-state index in [-0.39, 0.29) is 0 Å². The number of hydrogen-bond acceptors (Lipinski definition) is 2. The molecule has 72 valence electrons. The van der Waals surface area contributed by atoms with E-state index in [0.717, 1.165) is 25.5 Å². The van der Waals surface area contributed by atoms with Crippen LogP contribution in [-0.4, -0.2) is 25.3 Å². The highest BCUT2D eigenvalue weighted by Crippen LogP contribution is 2.26. The van der Waals surface area contributed by atoms with Crippen LogP contribution in [0.2, 0.25) is 0 Å². The van der Waals surface area contributed by atoms with Gasteiger partial charge >= 0.3 is 0 Å². The van der Waals surface area contributed by atoms with Gasteiger partial charge in [0.05, 0.1) is 6.10 Å². The van der Waals surface area contributed by atoms with Crippen LogP contribution in [0.1, 0.15) is 33.6 Å². The molecule has 0 aliphatic carbocycles. The van der Waals surface area contributed by atoms with Crippen LogP contribution in [0, 0.1) is 5.92 Å². The van der Waals surface area contributed by atoms with Crippen LogP contribution in [-0.2, 0) is 4.74 Å². The average Bonchev–Trinajstić information content (AvgIpc) is 2.51. The molecule has 2 heteroatoms. The Morgan fingerprint density at radius 2 is 2.25 bits per heavy atom. The van der Waals surface area contributed by atoms with E-state index in [9.17, 15) is 0 Å². The van der Waals surface area contributed by atoms with Crippen molar-refractivity contribution in [2.45, 2.75) is 45.8 Å². The molecule has 1 aliphatic heterocycles. The lowest BCUT2D eigenvalue weighted by Crippen LogP contribution is -2.37. The van der Waals surface area contributed by atoms with Gasteiger partial charge in [-0.05, 0) is 26.3 Å². The molecular formula is C10H21NO. The molecule has 0 saturated carbocycles. The molecule has 0 spiro atoms. The molecule has 0 amide bonds. The normalized spacial score (nSPS) is 32.2. The summed E-state index contributed by atoms with van der Waals surface area (Å²) in [5.41, 5.74) is 0. The summed E-state index contributed by atoms with van der Waals surface area (Å²) >= 11 is 0. The molecule has 0 aromatic carbocycles. The Morgan fingerprint density at radius 1 is 1.50 bits per heavy atom. The van der Waals surface area contributed by atoms with Crippen molar-refractivity contribution in [3.8, 4) is 0 Å². The minimum Gasteiger partial charge on any atom is -0.378 e. The van der Waals surface area contributed by atoms with E-state index < -0.39 is 0 Å². The van der Waals surface area contributed by atoms with Gasteiger partial charge in [0, 0.05) is 18.6 Å². The van der Waals surface area contributed by atoms with Crippen LogP contribution in [0.3, 0.4) is 0 Å². The van der Waals surface area contributed by atoms with Crippen molar-refractivity contribution in [3.63, 3.8) is 0 Å². The third kappa shape index (κ3) is 2.20. The first-order valence-electron chi connectivity index (χ1n) is 5.14. The predicted octanol–water partition coefficient (Wildman–Crippen LogP) is 1.80. The van der Waals surface area contributed by atoms with Crippen molar-refractivity contribution in [2.75, 3.05) is 13.2 Å². The van der Waals surface area contributed by atoms with E-state index >= 15 is 0 Å². The van der Waals surface area contributed by atoms with Gasteiger partial charge in [0.25, 0.3) is 0 Å². The summed E-state index contributed by atoms with van der Waals surface area (Å²) in [7, 11) is 0. The van der Waals surface area contributed by atoms with Crippen molar-refractivity contribution in [1.82, 2.24) is 5.32 Å². The largest absolute Gasteiger partial charge is 0.378 e. The molecule has 0 aromatic rings. The highest BCUT2D eigenvalue weighted by Gasteiger charge is 2.30. The lowest BCUT2D eigenvalue weighted by atomic mass is 9.92. The number of ether oxygens (including phenoxy) is 1. The lowest BCUT2D eigenvalue weighted by molar-refractivity contribution is 0.0795. The molecule has 1 saturated heterocycles. The Kier molecular flexibility index (Phi) is 4.02. The summed E-state index contributed by atoms with van der Waals surface area (Å²) in [4.78, 5) is 0. The second kappa shape index (κ2) is 4.83. The van der Waals surface area contributed by atoms with Crippen molar-refractivity contribution >= 4 is 0 Å². The third-order valence-electron chi connectivity index (χ3n) is 2.83. The van der Waals surface area contributed by atoms with Gasteiger partial charge in [0.15, 0.2) is 0 Å². The molecule has 12 heavy (non-hydrogen) atoms. The van der Waals surface area contributed by atoms with Crippen LogP contribution in [0.4, 0.5) is 0 Å². The van der Waals surface area contributed by atoms with Gasteiger partial charge in [-0.1, -0.05) is 13.8 Å². The molecule has 0 radical (unpaired) electrons. The van der Waals surface area contributed by atoms with E-state index in [1.54, 1.807) is 0 Å². The standard InChI is InChI=1S/C10H21NO/c1-4-10-9(6-7-12-10)8(3)11-5-2/h8-11H,4-7H2,1-3H3. The Bertz CT molecular complexity index is 127. The molecular weight excluding hydrogens is 150 g/mol. The van der Waals surface area contributed by atoms with Gasteiger partial charge in [-0.2, -0.15) is 0 Å². The molecule has 2 nitrogen and oxygen atoms in total. The van der Waals surface area contributed by atoms with Crippen molar-refractivity contribution < 1.29 is 4.74 Å². The predicted molar refractivity (Wildman–Crippen MR) is 51.3 cm³/mol. The van der Waals surface area contributed by atoms with Gasteiger partial charge in [0.2, 0.25) is 0 Å². The molecule has 3 atom stereocenters. The van der Waals surface area contributed by atoms with Gasteiger partial charge < -0.3 is 10.1 Å². The van der Waals surface area contributed by atoms with Crippen LogP contribution >= 0.6 is 0 Å². The van der Waals surface area contributed by atoms with Gasteiger partial charge in [-0.15, -0.1) is 0 Å². The van der Waals surface area contributed by atoms with Crippen LogP contribution in [0.15, 0.2) is 0 Å². The smallest absolute Gasteiger partial charge is 0.0616 e. The minimum atomic E-state index is 0.499. The van der Waals surface area contributed by atoms with Crippen LogP contribution < -0.4 is 5.32 Å². The highest BCUT2D eigenvalue weighted by molar-refractivity contribution is 4.82. The molecule has 3 unspecified atom stereocenters. The topological polar surface area (TPSA) is 21.3 Å². The summed E-state index contributed by atoms with van der Waals surface area (Å²) in [6.07, 6.45) is 2.88. The summed E-state index contributed by atoms with van der Waals surface area (Å²) in [6, 6.07) is 0.613. The molecule has 0 bridgehead atoms. The molecule has 1 rings (SSSR count). The summed E-state index contributed by atoms with van der Waals surface area (Å²) in [5, 5.41) is 3.47. The lowest BCUT2D eigenvalue weighted by Gasteiger charge is -2.24. The average molecular weight is 171 g/mol. The maximum atomic E-state index is 5.64. The fraction of sp³-hybridized carbons (Fsp3) is 1.00. The zero-order valence-corrected chi connectivity index (χ0v) is 8.47. The first kappa shape index (κ1) is 10.0. The fourth-order valence-corrected chi connectivity index (χ4v) is 2.13. The van der Waals surface area contributed by atoms with Crippen LogP contribution in [0.5, 0.6) is 0 Å². The quantitative estimate of drug-likeness (QED) is 0.696. The third-order valence-corrected chi connectivity index (χ3v) is 2.83. The Hall–Kier alpha value is -0.0800. The molecule has 1 aliphatic rings. The van der Waals surface area contributed by atoms with E-state index in [1.807, 2.05) is 0 Å². The second-order valence-corrected chi connectivity index (χ2v) is 3.62. The summed E-state index contributed by atoms with van der Waals surface area (Å²) in [6.45, 7) is 8.66. The van der Waals surface area contributed by atoms with Gasteiger partial charge in [0.1, 0.15) is 0 Å². The van der Waals surface area contributed by atoms with E-state index in [0.29, 0.717) is 12.1 Å². The molecule has 0 aromatic heterocycles. The molecule has 1 N–H and O–H groups in total. The number of nitrogens with one attached hydrogen (secondary N) is 1. The Labute approximate surface area is 75.7 Å². The van der Waals surface area contributed by atoms with E-state index in [2.05, 4.69) is 26.1 Å². The van der Waals surface area contributed by atoms with E-state index in [1.165, 1.54) is 6.42 Å². The number of hydrogen-bond donors (Lipinski definition) is 1. The zero-order valence-electron chi connectivity index (χ0n) is 8.47. The monoisotopic (exact) mass is 171 g/mol. The van der Waals surface area contributed by atoms with Gasteiger partial charge in [-0.25, -0.2) is 0 Å². The molecule has 1 heterocycles. The van der Waals surface area contributed by atoms with Gasteiger partial charge in [-0.3, -0.25) is 0 Å². The second-order valence-electron chi connectivity index (χ2n) is 3.62. The SMILES string of the molecule is CCNC(C)C1CCOC1CC. The minimum absolute atomic E-state index is 0.499. The van der Waals surface area contributed by atoms with Crippen molar-refractivity contribution in [2.24, 2.45) is 5.92 Å². The van der Waals surface area contributed by atoms with Crippen molar-refractivity contribution in [1.29, 1.82) is 0 Å². The first-order valence-corrected chi connectivity index (χ1v) is 5.14. The summed E-state index contributed by atoms with van der Waals surface area (Å²) in [5.74, 6) is 0.731. The summed E-state index contributed by atoms with van der Waals surface area (Å²) < 4.78 is 5.64. The first-order chi connectivity index (χ1) is 5.79. The van der Waals surface area contributed by atoms with E-state index in [4.69, 9.17) is 4.74 Å². The maximum absolute atomic E-state index is 5.64. The highest BCUT2D eigenvalue weighted by atomic mass is 16.5. The number of rotatable bonds is 4. The van der Waals surface area contributed by atoms with Crippen LogP contribution in [0.25, 0.3) is 0 Å². The van der Waals surface area contributed by atoms with Crippen molar-refractivity contribution in [3.05, 3.63) is 0 Å².